The second-order valence-corrected chi connectivity index (χ2v) is 5.88. The van der Waals surface area contributed by atoms with E-state index in [1.54, 1.807) is 12.1 Å². The molecule has 130 valence electrons. The van der Waals surface area contributed by atoms with Crippen LogP contribution in [-0.2, 0) is 0 Å². The predicted molar refractivity (Wildman–Crippen MR) is 93.6 cm³/mol. The zero-order chi connectivity index (χ0) is 17.2. The number of hydrogen-bond donors (Lipinski definition) is 2. The summed E-state index contributed by atoms with van der Waals surface area (Å²) >= 11 is 6.28. The van der Waals surface area contributed by atoms with Gasteiger partial charge < -0.3 is 20.5 Å². The molecular weight excluding hydrogens is 316 g/mol. The van der Waals surface area contributed by atoms with Gasteiger partial charge >= 0.3 is 0 Å². The van der Waals surface area contributed by atoms with Crippen molar-refractivity contribution < 1.29 is 14.3 Å². The largest absolute Gasteiger partial charge is 0.490 e. The first kappa shape index (κ1) is 19.6. The number of ether oxygens (including phenoxy) is 2. The molecule has 1 unspecified atom stereocenters. The monoisotopic (exact) mass is 342 g/mol. The quantitative estimate of drug-likeness (QED) is 0.640. The summed E-state index contributed by atoms with van der Waals surface area (Å²) in [4.78, 5) is 12.2. The van der Waals surface area contributed by atoms with Crippen molar-refractivity contribution in [2.45, 2.75) is 33.6 Å². The molecular formula is C17H27ClN2O3. The van der Waals surface area contributed by atoms with Crippen LogP contribution in [0.15, 0.2) is 12.1 Å². The van der Waals surface area contributed by atoms with Crippen molar-refractivity contribution in [1.82, 2.24) is 5.32 Å². The Hall–Kier alpha value is -1.46. The second kappa shape index (κ2) is 10.3. The molecule has 0 saturated carbocycles. The number of benzene rings is 1. The van der Waals surface area contributed by atoms with Crippen molar-refractivity contribution in [1.29, 1.82) is 0 Å². The highest BCUT2D eigenvalue weighted by molar-refractivity contribution is 6.32. The molecule has 0 heterocycles. The molecule has 0 fully saturated rings. The molecule has 0 radical (unpaired) electrons. The third-order valence-electron chi connectivity index (χ3n) is 3.33. The van der Waals surface area contributed by atoms with Crippen molar-refractivity contribution >= 4 is 17.5 Å². The highest BCUT2D eigenvalue weighted by Gasteiger charge is 2.16. The van der Waals surface area contributed by atoms with Gasteiger partial charge in [0.25, 0.3) is 5.91 Å². The molecule has 1 aromatic carbocycles. The predicted octanol–water partition coefficient (Wildman–Crippen LogP) is 3.24. The third kappa shape index (κ3) is 6.28. The third-order valence-corrected chi connectivity index (χ3v) is 3.61. The molecule has 1 amide bonds. The van der Waals surface area contributed by atoms with Gasteiger partial charge in [0, 0.05) is 12.1 Å². The van der Waals surface area contributed by atoms with E-state index in [9.17, 15) is 4.79 Å². The molecule has 6 heteroatoms. The van der Waals surface area contributed by atoms with Crippen LogP contribution in [0.5, 0.6) is 11.5 Å². The number of halogens is 1. The van der Waals surface area contributed by atoms with Crippen LogP contribution in [0.1, 0.15) is 44.0 Å². The maximum absolute atomic E-state index is 12.2. The lowest BCUT2D eigenvalue weighted by Gasteiger charge is -2.16. The molecule has 0 aliphatic heterocycles. The van der Waals surface area contributed by atoms with Gasteiger partial charge in [0.1, 0.15) is 0 Å². The highest BCUT2D eigenvalue weighted by atomic mass is 35.5. The molecule has 0 aromatic heterocycles. The van der Waals surface area contributed by atoms with E-state index in [0.29, 0.717) is 48.4 Å². The van der Waals surface area contributed by atoms with Crippen molar-refractivity contribution in [3.63, 3.8) is 0 Å². The number of carbonyl (C=O) groups is 1. The molecule has 23 heavy (non-hydrogen) atoms. The zero-order valence-corrected chi connectivity index (χ0v) is 14.9. The number of rotatable bonds is 10. The summed E-state index contributed by atoms with van der Waals surface area (Å²) in [5, 5.41) is 3.22. The van der Waals surface area contributed by atoms with Gasteiger partial charge in [-0.2, -0.15) is 0 Å². The Labute approximate surface area is 143 Å². The summed E-state index contributed by atoms with van der Waals surface area (Å²) < 4.78 is 11.3. The van der Waals surface area contributed by atoms with Gasteiger partial charge in [0.2, 0.25) is 0 Å². The average molecular weight is 343 g/mol. The first-order chi connectivity index (χ1) is 11.0. The van der Waals surface area contributed by atoms with Crippen LogP contribution in [0.3, 0.4) is 0 Å². The van der Waals surface area contributed by atoms with Crippen molar-refractivity contribution in [3.8, 4) is 11.5 Å². The number of amides is 1. The highest BCUT2D eigenvalue weighted by Crippen LogP contribution is 2.36. The number of nitrogens with two attached hydrogens (primary N) is 1. The fraction of sp³-hybridized carbons (Fsp3) is 0.588. The van der Waals surface area contributed by atoms with Crippen LogP contribution in [0, 0.1) is 5.92 Å². The van der Waals surface area contributed by atoms with Crippen LogP contribution in [-0.4, -0.2) is 32.2 Å². The Morgan fingerprint density at radius 3 is 2.70 bits per heavy atom. The normalized spacial score (nSPS) is 11.9. The second-order valence-electron chi connectivity index (χ2n) is 5.47. The minimum atomic E-state index is -0.201. The summed E-state index contributed by atoms with van der Waals surface area (Å²) in [5.74, 6) is 1.01. The summed E-state index contributed by atoms with van der Waals surface area (Å²) in [6.45, 7) is 8.01. The Balaban J connectivity index is 2.91. The Bertz CT molecular complexity index is 509. The van der Waals surface area contributed by atoms with Crippen molar-refractivity contribution in [3.05, 3.63) is 22.7 Å². The van der Waals surface area contributed by atoms with E-state index in [1.165, 1.54) is 0 Å². The number of nitrogens with one attached hydrogen (secondary N) is 1. The maximum atomic E-state index is 12.2. The number of hydrogen-bond acceptors (Lipinski definition) is 4. The van der Waals surface area contributed by atoms with Crippen LogP contribution >= 0.6 is 11.6 Å². The Kier molecular flexibility index (Phi) is 8.81. The summed E-state index contributed by atoms with van der Waals surface area (Å²) in [6, 6.07) is 3.27. The molecule has 0 aliphatic carbocycles. The van der Waals surface area contributed by atoms with Gasteiger partial charge in [0.05, 0.1) is 18.2 Å². The van der Waals surface area contributed by atoms with Crippen molar-refractivity contribution in [2.24, 2.45) is 11.7 Å². The summed E-state index contributed by atoms with van der Waals surface area (Å²) in [7, 11) is 0. The van der Waals surface area contributed by atoms with E-state index < -0.39 is 0 Å². The SMILES string of the molecule is CCCCOc1c(Cl)cc(C(=O)NCC(C)CN)cc1OCC. The smallest absolute Gasteiger partial charge is 0.251 e. The lowest BCUT2D eigenvalue weighted by Crippen LogP contribution is -2.31. The molecule has 5 nitrogen and oxygen atoms in total. The van der Waals surface area contributed by atoms with E-state index in [2.05, 4.69) is 12.2 Å². The molecule has 0 saturated heterocycles. The van der Waals surface area contributed by atoms with Gasteiger partial charge in [-0.05, 0) is 37.9 Å². The van der Waals surface area contributed by atoms with E-state index in [0.717, 1.165) is 12.8 Å². The van der Waals surface area contributed by atoms with E-state index in [-0.39, 0.29) is 11.8 Å². The number of carbonyl (C=O) groups excluding carboxylic acids is 1. The first-order valence-electron chi connectivity index (χ1n) is 8.10. The standard InChI is InChI=1S/C17H27ClN2O3/c1-4-6-7-23-16-14(18)8-13(9-15(16)22-5-2)17(21)20-11-12(3)10-19/h8-9,12H,4-7,10-11,19H2,1-3H3,(H,20,21). The van der Waals surface area contributed by atoms with Gasteiger partial charge in [0.15, 0.2) is 11.5 Å². The van der Waals surface area contributed by atoms with Crippen LogP contribution in [0.4, 0.5) is 0 Å². The number of unbranched alkanes of at least 4 members (excludes halogenated alkanes) is 1. The topological polar surface area (TPSA) is 73.6 Å². The summed E-state index contributed by atoms with van der Waals surface area (Å²) in [6.07, 6.45) is 1.96. The fourth-order valence-corrected chi connectivity index (χ4v) is 2.14. The average Bonchev–Trinajstić information content (AvgIpc) is 2.54. The summed E-state index contributed by atoms with van der Waals surface area (Å²) in [5.41, 5.74) is 6.00. The van der Waals surface area contributed by atoms with Crippen molar-refractivity contribution in [2.75, 3.05) is 26.3 Å². The minimum Gasteiger partial charge on any atom is -0.490 e. The molecule has 0 aliphatic rings. The molecule has 0 bridgehead atoms. The molecule has 3 N–H and O–H groups in total. The Morgan fingerprint density at radius 1 is 1.35 bits per heavy atom. The van der Waals surface area contributed by atoms with Gasteiger partial charge in [-0.1, -0.05) is 31.9 Å². The lowest BCUT2D eigenvalue weighted by atomic mass is 10.1. The molecule has 1 rings (SSSR count). The first-order valence-corrected chi connectivity index (χ1v) is 8.48. The van der Waals surface area contributed by atoms with Gasteiger partial charge in [-0.15, -0.1) is 0 Å². The minimum absolute atomic E-state index is 0.201. The van der Waals surface area contributed by atoms with Gasteiger partial charge in [-0.3, -0.25) is 4.79 Å². The fourth-order valence-electron chi connectivity index (χ4n) is 1.87. The van der Waals surface area contributed by atoms with E-state index in [1.807, 2.05) is 13.8 Å². The van der Waals surface area contributed by atoms with Crippen LogP contribution < -0.4 is 20.5 Å². The Morgan fingerprint density at radius 2 is 2.09 bits per heavy atom. The molecule has 1 atom stereocenters. The van der Waals surface area contributed by atoms with Crippen LogP contribution in [0.25, 0.3) is 0 Å². The van der Waals surface area contributed by atoms with E-state index >= 15 is 0 Å². The zero-order valence-electron chi connectivity index (χ0n) is 14.2. The van der Waals surface area contributed by atoms with Gasteiger partial charge in [-0.25, -0.2) is 0 Å². The molecule has 1 aromatic rings. The maximum Gasteiger partial charge on any atom is 0.251 e. The van der Waals surface area contributed by atoms with E-state index in [4.69, 9.17) is 26.8 Å². The van der Waals surface area contributed by atoms with Crippen LogP contribution in [0.2, 0.25) is 5.02 Å². The molecule has 0 spiro atoms. The lowest BCUT2D eigenvalue weighted by molar-refractivity contribution is 0.0948.